The highest BCUT2D eigenvalue weighted by Crippen LogP contribution is 2.31. The number of ether oxygens (including phenoxy) is 2. The van der Waals surface area contributed by atoms with Crippen LogP contribution in [0.15, 0.2) is 22.7 Å². The predicted molar refractivity (Wildman–Crippen MR) is 76.0 cm³/mol. The molecule has 0 radical (unpaired) electrons. The van der Waals surface area contributed by atoms with Gasteiger partial charge in [-0.2, -0.15) is 0 Å². The lowest BCUT2D eigenvalue weighted by Crippen LogP contribution is -2.60. The molecule has 0 amide bonds. The van der Waals surface area contributed by atoms with Crippen molar-refractivity contribution in [2.24, 2.45) is 0 Å². The number of rotatable bonds is 6. The van der Waals surface area contributed by atoms with Crippen LogP contribution in [-0.4, -0.2) is 31.9 Å². The molecule has 1 fully saturated rings. The first-order chi connectivity index (χ1) is 9.15. The molecule has 0 spiro atoms. The van der Waals surface area contributed by atoms with Crippen molar-refractivity contribution in [3.8, 4) is 5.75 Å². The van der Waals surface area contributed by atoms with Crippen LogP contribution in [0.1, 0.15) is 19.8 Å². The van der Waals surface area contributed by atoms with Gasteiger partial charge in [-0.25, -0.2) is 4.39 Å². The molecule has 3 unspecified atom stereocenters. The van der Waals surface area contributed by atoms with Gasteiger partial charge in [0.25, 0.3) is 0 Å². The van der Waals surface area contributed by atoms with Crippen molar-refractivity contribution in [1.29, 1.82) is 0 Å². The van der Waals surface area contributed by atoms with Gasteiger partial charge < -0.3 is 14.8 Å². The van der Waals surface area contributed by atoms with Crippen LogP contribution in [0, 0.1) is 5.82 Å². The van der Waals surface area contributed by atoms with Gasteiger partial charge in [-0.05, 0) is 31.7 Å². The quantitative estimate of drug-likeness (QED) is 0.868. The Morgan fingerprint density at radius 3 is 2.89 bits per heavy atom. The molecule has 0 saturated heterocycles. The molecular formula is C14H19BrFNO2. The molecule has 106 valence electrons. The number of halogens is 2. The highest BCUT2D eigenvalue weighted by atomic mass is 79.9. The van der Waals surface area contributed by atoms with E-state index in [1.165, 1.54) is 6.07 Å². The maximum atomic E-state index is 13.7. The van der Waals surface area contributed by atoms with E-state index in [4.69, 9.17) is 9.47 Å². The molecule has 0 aromatic heterocycles. The lowest BCUT2D eigenvalue weighted by atomic mass is 9.85. The highest BCUT2D eigenvalue weighted by Gasteiger charge is 2.43. The van der Waals surface area contributed by atoms with Gasteiger partial charge in [0.2, 0.25) is 0 Å². The third kappa shape index (κ3) is 3.46. The summed E-state index contributed by atoms with van der Waals surface area (Å²) in [6.45, 7) is 2.77. The summed E-state index contributed by atoms with van der Waals surface area (Å²) in [6.07, 6.45) is 1.71. The summed E-state index contributed by atoms with van der Waals surface area (Å²) in [6, 6.07) is 5.11. The molecule has 0 heterocycles. The Balaban J connectivity index is 1.98. The van der Waals surface area contributed by atoms with Gasteiger partial charge in [0, 0.05) is 23.5 Å². The maximum Gasteiger partial charge on any atom is 0.166 e. The molecule has 3 nitrogen and oxygen atoms in total. The lowest BCUT2D eigenvalue weighted by Gasteiger charge is -2.43. The SMILES string of the molecule is CCCOC1C(NC)CC1Oc1ccc(Br)cc1F. The van der Waals surface area contributed by atoms with E-state index in [9.17, 15) is 4.39 Å². The number of hydrogen-bond acceptors (Lipinski definition) is 3. The highest BCUT2D eigenvalue weighted by molar-refractivity contribution is 9.10. The molecule has 3 atom stereocenters. The van der Waals surface area contributed by atoms with E-state index in [0.717, 1.165) is 12.8 Å². The van der Waals surface area contributed by atoms with E-state index >= 15 is 0 Å². The van der Waals surface area contributed by atoms with Gasteiger partial charge in [0.05, 0.1) is 0 Å². The normalized spacial score (nSPS) is 26.0. The van der Waals surface area contributed by atoms with E-state index in [0.29, 0.717) is 11.1 Å². The zero-order valence-electron chi connectivity index (χ0n) is 11.2. The van der Waals surface area contributed by atoms with E-state index in [-0.39, 0.29) is 29.8 Å². The van der Waals surface area contributed by atoms with Gasteiger partial charge in [-0.1, -0.05) is 22.9 Å². The van der Waals surface area contributed by atoms with Crippen LogP contribution in [0.2, 0.25) is 0 Å². The molecule has 0 aliphatic heterocycles. The van der Waals surface area contributed by atoms with Crippen LogP contribution in [0.25, 0.3) is 0 Å². The molecule has 1 N–H and O–H groups in total. The van der Waals surface area contributed by atoms with Crippen LogP contribution in [0.3, 0.4) is 0 Å². The van der Waals surface area contributed by atoms with Crippen LogP contribution in [0.5, 0.6) is 5.75 Å². The Bertz CT molecular complexity index is 430. The van der Waals surface area contributed by atoms with Crippen LogP contribution in [0.4, 0.5) is 4.39 Å². The second kappa shape index (κ2) is 6.68. The van der Waals surface area contributed by atoms with E-state index in [1.54, 1.807) is 12.1 Å². The molecule has 1 aromatic carbocycles. The van der Waals surface area contributed by atoms with Gasteiger partial charge in [-0.15, -0.1) is 0 Å². The second-order valence-corrected chi connectivity index (χ2v) is 5.61. The van der Waals surface area contributed by atoms with Crippen molar-refractivity contribution in [3.05, 3.63) is 28.5 Å². The standard InChI is InChI=1S/C14H19BrFNO2/c1-3-6-18-14-11(17-2)8-13(14)19-12-5-4-9(15)7-10(12)16/h4-5,7,11,13-14,17H,3,6,8H2,1-2H3. The fraction of sp³-hybridized carbons (Fsp3) is 0.571. The third-order valence-corrected chi connectivity index (χ3v) is 3.80. The maximum absolute atomic E-state index is 13.7. The number of likely N-dealkylation sites (N-methyl/N-ethyl adjacent to an activating group) is 1. The Kier molecular flexibility index (Phi) is 5.19. The first-order valence-corrected chi connectivity index (χ1v) is 7.35. The molecule has 1 saturated carbocycles. The topological polar surface area (TPSA) is 30.5 Å². The van der Waals surface area contributed by atoms with Gasteiger partial charge in [0.1, 0.15) is 12.2 Å². The number of hydrogen-bond donors (Lipinski definition) is 1. The summed E-state index contributed by atoms with van der Waals surface area (Å²) in [7, 11) is 1.91. The zero-order chi connectivity index (χ0) is 13.8. The molecule has 1 aliphatic rings. The summed E-state index contributed by atoms with van der Waals surface area (Å²) < 4.78 is 25.9. The first kappa shape index (κ1) is 14.8. The Morgan fingerprint density at radius 1 is 1.47 bits per heavy atom. The average molecular weight is 332 g/mol. The van der Waals surface area contributed by atoms with Crippen molar-refractivity contribution in [2.45, 2.75) is 38.0 Å². The minimum atomic E-state index is -0.350. The van der Waals surface area contributed by atoms with Gasteiger partial charge >= 0.3 is 0 Å². The van der Waals surface area contributed by atoms with Crippen molar-refractivity contribution in [1.82, 2.24) is 5.32 Å². The minimum Gasteiger partial charge on any atom is -0.485 e. The predicted octanol–water partition coefficient (Wildman–Crippen LogP) is 3.12. The lowest BCUT2D eigenvalue weighted by molar-refractivity contribution is -0.107. The Labute approximate surface area is 121 Å². The summed E-state index contributed by atoms with van der Waals surface area (Å²) in [5, 5.41) is 3.19. The van der Waals surface area contributed by atoms with Crippen LogP contribution in [-0.2, 0) is 4.74 Å². The molecule has 1 aromatic rings. The number of nitrogens with one attached hydrogen (secondary N) is 1. The van der Waals surface area contributed by atoms with Gasteiger partial charge in [0.15, 0.2) is 11.6 Å². The fourth-order valence-corrected chi connectivity index (χ4v) is 2.52. The minimum absolute atomic E-state index is 0.00648. The van der Waals surface area contributed by atoms with Crippen LogP contribution < -0.4 is 10.1 Å². The third-order valence-electron chi connectivity index (χ3n) is 3.31. The second-order valence-electron chi connectivity index (χ2n) is 4.70. The molecule has 5 heteroatoms. The molecule has 1 aliphatic carbocycles. The van der Waals surface area contributed by atoms with E-state index in [1.807, 2.05) is 7.05 Å². The Hall–Kier alpha value is -0.650. The Morgan fingerprint density at radius 2 is 2.26 bits per heavy atom. The largest absolute Gasteiger partial charge is 0.485 e. The van der Waals surface area contributed by atoms with Crippen molar-refractivity contribution >= 4 is 15.9 Å². The molecule has 0 bridgehead atoms. The van der Waals surface area contributed by atoms with E-state index < -0.39 is 0 Å². The average Bonchev–Trinajstić information content (AvgIpc) is 2.36. The van der Waals surface area contributed by atoms with Crippen LogP contribution >= 0.6 is 15.9 Å². The summed E-state index contributed by atoms with van der Waals surface area (Å²) in [5.74, 6) is -0.0654. The summed E-state index contributed by atoms with van der Waals surface area (Å²) >= 11 is 3.23. The molecule has 2 rings (SSSR count). The molecular weight excluding hydrogens is 313 g/mol. The molecule has 19 heavy (non-hydrogen) atoms. The summed E-state index contributed by atoms with van der Waals surface area (Å²) in [5.41, 5.74) is 0. The monoisotopic (exact) mass is 331 g/mol. The van der Waals surface area contributed by atoms with Crippen molar-refractivity contribution in [3.63, 3.8) is 0 Å². The summed E-state index contributed by atoms with van der Waals surface area (Å²) in [4.78, 5) is 0. The first-order valence-electron chi connectivity index (χ1n) is 6.56. The van der Waals surface area contributed by atoms with Crippen molar-refractivity contribution in [2.75, 3.05) is 13.7 Å². The van der Waals surface area contributed by atoms with E-state index in [2.05, 4.69) is 28.2 Å². The number of benzene rings is 1. The van der Waals surface area contributed by atoms with Crippen molar-refractivity contribution < 1.29 is 13.9 Å². The fourth-order valence-electron chi connectivity index (χ4n) is 2.19. The smallest absolute Gasteiger partial charge is 0.166 e. The zero-order valence-corrected chi connectivity index (χ0v) is 12.7. The van der Waals surface area contributed by atoms with Gasteiger partial charge in [-0.3, -0.25) is 0 Å².